The molecule has 1 fully saturated rings. The van der Waals surface area contributed by atoms with Crippen LogP contribution in [0.3, 0.4) is 0 Å². The van der Waals surface area contributed by atoms with Crippen LogP contribution < -0.4 is 0 Å². The molecule has 0 amide bonds. The van der Waals surface area contributed by atoms with Gasteiger partial charge >= 0.3 is 11.9 Å². The number of carboxylic acids is 1. The number of hydrogen-bond acceptors (Lipinski definition) is 5. The fourth-order valence-corrected chi connectivity index (χ4v) is 3.74. The van der Waals surface area contributed by atoms with Gasteiger partial charge in [0.05, 0.1) is 0 Å². The summed E-state index contributed by atoms with van der Waals surface area (Å²) in [6, 6.07) is 0. The van der Waals surface area contributed by atoms with Gasteiger partial charge in [0, 0.05) is 36.4 Å². The van der Waals surface area contributed by atoms with Crippen molar-refractivity contribution in [3.8, 4) is 0 Å². The molecule has 0 aromatic carbocycles. The maximum atomic E-state index is 12.2. The van der Waals surface area contributed by atoms with Crippen molar-refractivity contribution in [2.24, 2.45) is 5.41 Å². The van der Waals surface area contributed by atoms with E-state index in [0.29, 0.717) is 19.3 Å². The van der Waals surface area contributed by atoms with Gasteiger partial charge in [0.1, 0.15) is 6.10 Å². The van der Waals surface area contributed by atoms with Gasteiger partial charge in [-0.15, -0.1) is 0 Å². The summed E-state index contributed by atoms with van der Waals surface area (Å²) in [7, 11) is 0. The van der Waals surface area contributed by atoms with E-state index in [9.17, 15) is 14.8 Å². The van der Waals surface area contributed by atoms with Gasteiger partial charge in [0.15, 0.2) is 0 Å². The van der Waals surface area contributed by atoms with Crippen LogP contribution in [0.2, 0.25) is 0 Å². The van der Waals surface area contributed by atoms with Crippen LogP contribution in [-0.4, -0.2) is 44.5 Å². The van der Waals surface area contributed by atoms with E-state index in [1.54, 1.807) is 6.08 Å². The standard InChI is InChI=1S/C20H35NO5/c1-18(2,12-10-16(22)23)11-8-7-9-17(24)26-15-13-19(3,4)21(25)20(5,6)14-15/h10,12,15,25H,7-9,11,13-14H2,1-6H3,(H,22,23). The van der Waals surface area contributed by atoms with Crippen molar-refractivity contribution >= 4 is 11.9 Å². The fourth-order valence-electron chi connectivity index (χ4n) is 3.74. The third-order valence-electron chi connectivity index (χ3n) is 5.03. The molecule has 0 spiro atoms. The van der Waals surface area contributed by atoms with Crippen LogP contribution in [0.5, 0.6) is 0 Å². The molecule has 26 heavy (non-hydrogen) atoms. The molecule has 1 rings (SSSR count). The molecule has 6 nitrogen and oxygen atoms in total. The van der Waals surface area contributed by atoms with E-state index in [-0.39, 0.29) is 17.5 Å². The smallest absolute Gasteiger partial charge is 0.327 e. The van der Waals surface area contributed by atoms with Gasteiger partial charge in [-0.1, -0.05) is 26.3 Å². The predicted octanol–water partition coefficient (Wildman–Crippen LogP) is 4.17. The van der Waals surface area contributed by atoms with E-state index in [1.807, 2.05) is 41.5 Å². The summed E-state index contributed by atoms with van der Waals surface area (Å²) in [5.74, 6) is -1.15. The Labute approximate surface area is 157 Å². The second kappa shape index (κ2) is 8.53. The number of ether oxygens (including phenoxy) is 1. The quantitative estimate of drug-likeness (QED) is 0.379. The predicted molar refractivity (Wildman–Crippen MR) is 99.9 cm³/mol. The SMILES string of the molecule is CC(C)(C=CC(=O)O)CCCCC(=O)OC1CC(C)(C)N(O)C(C)(C)C1. The number of aliphatic carboxylic acids is 1. The first-order valence-electron chi connectivity index (χ1n) is 9.36. The normalized spacial score (nSPS) is 21.0. The molecule has 0 saturated carbocycles. The van der Waals surface area contributed by atoms with Gasteiger partial charge in [0.2, 0.25) is 0 Å². The van der Waals surface area contributed by atoms with Crippen LogP contribution in [0.25, 0.3) is 0 Å². The minimum Gasteiger partial charge on any atom is -0.478 e. The summed E-state index contributed by atoms with van der Waals surface area (Å²) in [6.45, 7) is 11.8. The highest BCUT2D eigenvalue weighted by molar-refractivity contribution is 5.79. The summed E-state index contributed by atoms with van der Waals surface area (Å²) < 4.78 is 5.65. The average Bonchev–Trinajstić information content (AvgIpc) is 2.47. The first-order chi connectivity index (χ1) is 11.8. The Morgan fingerprint density at radius 1 is 1.15 bits per heavy atom. The minimum atomic E-state index is -0.943. The zero-order valence-electron chi connectivity index (χ0n) is 17.0. The van der Waals surface area contributed by atoms with Gasteiger partial charge < -0.3 is 15.1 Å². The zero-order chi connectivity index (χ0) is 20.2. The lowest BCUT2D eigenvalue weighted by atomic mass is 9.80. The van der Waals surface area contributed by atoms with E-state index in [2.05, 4.69) is 0 Å². The third kappa shape index (κ3) is 7.08. The molecule has 0 bridgehead atoms. The molecular formula is C20H35NO5. The fraction of sp³-hybridized carbons (Fsp3) is 0.800. The highest BCUT2D eigenvalue weighted by atomic mass is 16.5. The van der Waals surface area contributed by atoms with Crippen LogP contribution in [0.4, 0.5) is 0 Å². The topological polar surface area (TPSA) is 87.1 Å². The van der Waals surface area contributed by atoms with Crippen molar-refractivity contribution < 1.29 is 24.6 Å². The molecule has 2 N–H and O–H groups in total. The number of rotatable bonds is 8. The molecule has 1 aliphatic rings. The van der Waals surface area contributed by atoms with E-state index < -0.39 is 17.0 Å². The summed E-state index contributed by atoms with van der Waals surface area (Å²) >= 11 is 0. The molecular weight excluding hydrogens is 334 g/mol. The average molecular weight is 370 g/mol. The number of esters is 1. The highest BCUT2D eigenvalue weighted by Gasteiger charge is 2.46. The van der Waals surface area contributed by atoms with E-state index in [1.165, 1.54) is 11.1 Å². The first kappa shape index (κ1) is 22.6. The number of unbranched alkanes of at least 4 members (excludes halogenated alkanes) is 1. The lowest BCUT2D eigenvalue weighted by Gasteiger charge is -2.50. The molecule has 1 aliphatic heterocycles. The van der Waals surface area contributed by atoms with Crippen molar-refractivity contribution in [2.75, 3.05) is 0 Å². The molecule has 0 aromatic rings. The maximum absolute atomic E-state index is 12.2. The summed E-state index contributed by atoms with van der Waals surface area (Å²) in [5.41, 5.74) is -1.08. The number of piperidine rings is 1. The zero-order valence-corrected chi connectivity index (χ0v) is 17.0. The van der Waals surface area contributed by atoms with Gasteiger partial charge in [-0.3, -0.25) is 4.79 Å². The van der Waals surface area contributed by atoms with Crippen LogP contribution >= 0.6 is 0 Å². The molecule has 150 valence electrons. The Morgan fingerprint density at radius 3 is 2.19 bits per heavy atom. The number of carbonyl (C=O) groups excluding carboxylic acids is 1. The van der Waals surface area contributed by atoms with Gasteiger partial charge in [-0.05, 0) is 46.0 Å². The van der Waals surface area contributed by atoms with Crippen molar-refractivity contribution in [2.45, 2.75) is 97.2 Å². The number of allylic oxidation sites excluding steroid dienone is 1. The Bertz CT molecular complexity index is 518. The number of carboxylic acid groups (broad SMARTS) is 1. The first-order valence-corrected chi connectivity index (χ1v) is 9.36. The van der Waals surface area contributed by atoms with E-state index >= 15 is 0 Å². The molecule has 0 aromatic heterocycles. The lowest BCUT2D eigenvalue weighted by molar-refractivity contribution is -0.259. The van der Waals surface area contributed by atoms with Crippen molar-refractivity contribution in [1.82, 2.24) is 5.06 Å². The van der Waals surface area contributed by atoms with Crippen LogP contribution in [0, 0.1) is 5.41 Å². The van der Waals surface area contributed by atoms with Crippen molar-refractivity contribution in [1.29, 1.82) is 0 Å². The van der Waals surface area contributed by atoms with Crippen LogP contribution in [-0.2, 0) is 14.3 Å². The Balaban J connectivity index is 2.40. The molecule has 0 radical (unpaired) electrons. The highest BCUT2D eigenvalue weighted by Crippen LogP contribution is 2.38. The van der Waals surface area contributed by atoms with Crippen molar-refractivity contribution in [3.05, 3.63) is 12.2 Å². The van der Waals surface area contributed by atoms with Crippen LogP contribution in [0.1, 0.15) is 80.1 Å². The van der Waals surface area contributed by atoms with Gasteiger partial charge in [0.25, 0.3) is 0 Å². The second-order valence-electron chi connectivity index (χ2n) is 9.32. The molecule has 0 aliphatic carbocycles. The lowest BCUT2D eigenvalue weighted by Crippen LogP contribution is -2.60. The summed E-state index contributed by atoms with van der Waals surface area (Å²) in [5, 5.41) is 20.4. The molecule has 1 saturated heterocycles. The molecule has 6 heteroatoms. The molecule has 0 atom stereocenters. The number of carbonyl (C=O) groups is 2. The van der Waals surface area contributed by atoms with Gasteiger partial charge in [-0.25, -0.2) is 4.79 Å². The molecule has 1 heterocycles. The number of hydrogen-bond donors (Lipinski definition) is 2. The second-order valence-corrected chi connectivity index (χ2v) is 9.32. The number of nitrogens with zero attached hydrogens (tertiary/aromatic N) is 1. The Kier molecular flexibility index (Phi) is 7.42. The largest absolute Gasteiger partial charge is 0.478 e. The minimum absolute atomic E-state index is 0.189. The maximum Gasteiger partial charge on any atom is 0.327 e. The Hall–Kier alpha value is -1.40. The van der Waals surface area contributed by atoms with Crippen LogP contribution in [0.15, 0.2) is 12.2 Å². The Morgan fingerprint density at radius 2 is 1.69 bits per heavy atom. The van der Waals surface area contributed by atoms with E-state index in [0.717, 1.165) is 19.3 Å². The summed E-state index contributed by atoms with van der Waals surface area (Å²) in [6.07, 6.45) is 6.60. The third-order valence-corrected chi connectivity index (χ3v) is 5.03. The monoisotopic (exact) mass is 369 g/mol. The summed E-state index contributed by atoms with van der Waals surface area (Å²) in [4.78, 5) is 22.8. The van der Waals surface area contributed by atoms with Crippen molar-refractivity contribution in [3.63, 3.8) is 0 Å². The number of hydroxylamine groups is 2. The molecule has 0 unspecified atom stereocenters. The van der Waals surface area contributed by atoms with Gasteiger partial charge in [-0.2, -0.15) is 5.06 Å². The van der Waals surface area contributed by atoms with E-state index in [4.69, 9.17) is 9.84 Å².